The third kappa shape index (κ3) is 4.65. The van der Waals surface area contributed by atoms with Crippen molar-refractivity contribution in [3.05, 3.63) is 152 Å². The predicted octanol–water partition coefficient (Wildman–Crippen LogP) is 10.1. The first-order valence-electron chi connectivity index (χ1n) is 14.3. The van der Waals surface area contributed by atoms with Gasteiger partial charge in [0.1, 0.15) is 11.2 Å². The lowest BCUT2D eigenvalue weighted by molar-refractivity contribution is 0.669. The van der Waals surface area contributed by atoms with Crippen molar-refractivity contribution in [2.75, 3.05) is 0 Å². The molecule has 0 spiro atoms. The molecule has 0 fully saturated rings. The number of hydrogen-bond donors (Lipinski definition) is 0. The standard InChI is InChI=1S/C39H25N3O/c1-4-12-26(13-5-1)31-18-10-11-19-32(31)29-20-22-33-34-23-21-30(25-36(34)43-35(33)24-29)39-41-37(27-14-6-2-7-15-27)40-38(42-39)28-16-8-3-9-17-28/h1-25H. The van der Waals surface area contributed by atoms with E-state index in [4.69, 9.17) is 19.4 Å². The van der Waals surface area contributed by atoms with Crippen molar-refractivity contribution in [3.63, 3.8) is 0 Å². The first-order chi connectivity index (χ1) is 21.3. The van der Waals surface area contributed by atoms with Gasteiger partial charge in [0.25, 0.3) is 0 Å². The summed E-state index contributed by atoms with van der Waals surface area (Å²) in [5.41, 5.74) is 9.06. The van der Waals surface area contributed by atoms with E-state index in [1.807, 2.05) is 72.8 Å². The third-order valence-corrected chi connectivity index (χ3v) is 7.75. The molecule has 0 amide bonds. The van der Waals surface area contributed by atoms with Crippen LogP contribution in [0.15, 0.2) is 156 Å². The second kappa shape index (κ2) is 10.5. The fourth-order valence-corrected chi connectivity index (χ4v) is 5.63. The van der Waals surface area contributed by atoms with Crippen LogP contribution >= 0.6 is 0 Å². The maximum absolute atomic E-state index is 6.48. The third-order valence-electron chi connectivity index (χ3n) is 7.75. The van der Waals surface area contributed by atoms with Crippen molar-refractivity contribution in [1.29, 1.82) is 0 Å². The van der Waals surface area contributed by atoms with Crippen molar-refractivity contribution >= 4 is 21.9 Å². The Morgan fingerprint density at radius 2 is 0.721 bits per heavy atom. The summed E-state index contributed by atoms with van der Waals surface area (Å²) in [6.07, 6.45) is 0. The largest absolute Gasteiger partial charge is 0.456 e. The molecule has 8 aromatic rings. The Morgan fingerprint density at radius 3 is 1.26 bits per heavy atom. The smallest absolute Gasteiger partial charge is 0.164 e. The zero-order chi connectivity index (χ0) is 28.6. The Morgan fingerprint density at radius 1 is 0.326 bits per heavy atom. The highest BCUT2D eigenvalue weighted by atomic mass is 16.3. The van der Waals surface area contributed by atoms with Gasteiger partial charge in [-0.05, 0) is 46.5 Å². The first kappa shape index (κ1) is 24.9. The van der Waals surface area contributed by atoms with Crippen LogP contribution in [0.5, 0.6) is 0 Å². The highest BCUT2D eigenvalue weighted by molar-refractivity contribution is 6.07. The average Bonchev–Trinajstić information content (AvgIpc) is 3.46. The Kier molecular flexibility index (Phi) is 6.08. The normalized spacial score (nSPS) is 11.3. The van der Waals surface area contributed by atoms with Crippen LogP contribution < -0.4 is 0 Å². The average molecular weight is 552 g/mol. The summed E-state index contributed by atoms with van der Waals surface area (Å²) in [6, 6.07) is 51.7. The number of aromatic nitrogens is 3. The zero-order valence-corrected chi connectivity index (χ0v) is 23.2. The molecule has 6 aromatic carbocycles. The van der Waals surface area contributed by atoms with Crippen LogP contribution in [-0.4, -0.2) is 15.0 Å². The van der Waals surface area contributed by atoms with Crippen LogP contribution in [0.1, 0.15) is 0 Å². The molecule has 0 aliphatic rings. The number of fused-ring (bicyclic) bond motifs is 3. The van der Waals surface area contributed by atoms with Gasteiger partial charge in [0, 0.05) is 27.5 Å². The molecule has 0 aliphatic carbocycles. The monoisotopic (exact) mass is 551 g/mol. The molecule has 0 atom stereocenters. The molecule has 202 valence electrons. The Labute approximate surface area is 249 Å². The molecular weight excluding hydrogens is 526 g/mol. The maximum atomic E-state index is 6.48. The quantitative estimate of drug-likeness (QED) is 0.214. The van der Waals surface area contributed by atoms with E-state index in [2.05, 4.69) is 78.9 Å². The molecule has 0 radical (unpaired) electrons. The van der Waals surface area contributed by atoms with Gasteiger partial charge in [-0.1, -0.05) is 127 Å². The SMILES string of the molecule is c1ccc(-c2nc(-c3ccccc3)nc(-c3ccc4c(c3)oc3cc(-c5ccccc5-c5ccccc5)ccc34)n2)cc1. The van der Waals surface area contributed by atoms with Gasteiger partial charge in [-0.15, -0.1) is 0 Å². The lowest BCUT2D eigenvalue weighted by Crippen LogP contribution is -2.00. The zero-order valence-electron chi connectivity index (χ0n) is 23.2. The summed E-state index contributed by atoms with van der Waals surface area (Å²) in [5, 5.41) is 2.13. The summed E-state index contributed by atoms with van der Waals surface area (Å²) in [4.78, 5) is 14.6. The molecule has 0 saturated heterocycles. The minimum Gasteiger partial charge on any atom is -0.456 e. The Bertz CT molecular complexity index is 2170. The molecule has 4 nitrogen and oxygen atoms in total. The lowest BCUT2D eigenvalue weighted by Gasteiger charge is -2.10. The Hall–Kier alpha value is -5.87. The molecule has 0 N–H and O–H groups in total. The lowest BCUT2D eigenvalue weighted by atomic mass is 9.94. The van der Waals surface area contributed by atoms with Gasteiger partial charge in [-0.25, -0.2) is 15.0 Å². The second-order valence-electron chi connectivity index (χ2n) is 10.5. The van der Waals surface area contributed by atoms with Gasteiger partial charge in [-0.2, -0.15) is 0 Å². The van der Waals surface area contributed by atoms with E-state index in [-0.39, 0.29) is 0 Å². The van der Waals surface area contributed by atoms with E-state index in [0.717, 1.165) is 44.2 Å². The van der Waals surface area contributed by atoms with Gasteiger partial charge in [0.15, 0.2) is 17.5 Å². The van der Waals surface area contributed by atoms with Crippen LogP contribution in [0.3, 0.4) is 0 Å². The van der Waals surface area contributed by atoms with Gasteiger partial charge in [-0.3, -0.25) is 0 Å². The summed E-state index contributed by atoms with van der Waals surface area (Å²) in [6.45, 7) is 0. The Balaban J connectivity index is 1.24. The number of nitrogens with zero attached hydrogens (tertiary/aromatic N) is 3. The summed E-state index contributed by atoms with van der Waals surface area (Å²) in [7, 11) is 0. The van der Waals surface area contributed by atoms with Gasteiger partial charge in [0.2, 0.25) is 0 Å². The molecule has 4 heteroatoms. The number of furan rings is 1. The molecule has 0 bridgehead atoms. The number of hydrogen-bond acceptors (Lipinski definition) is 4. The summed E-state index contributed by atoms with van der Waals surface area (Å²) in [5.74, 6) is 1.87. The van der Waals surface area contributed by atoms with E-state index in [0.29, 0.717) is 17.5 Å². The van der Waals surface area contributed by atoms with Gasteiger partial charge in [0.05, 0.1) is 0 Å². The molecule has 0 unspecified atom stereocenters. The highest BCUT2D eigenvalue weighted by Crippen LogP contribution is 2.37. The topological polar surface area (TPSA) is 51.8 Å². The van der Waals surface area contributed by atoms with Crippen LogP contribution in [-0.2, 0) is 0 Å². The van der Waals surface area contributed by atoms with Crippen molar-refractivity contribution in [2.24, 2.45) is 0 Å². The second-order valence-corrected chi connectivity index (χ2v) is 10.5. The fourth-order valence-electron chi connectivity index (χ4n) is 5.63. The molecule has 0 saturated carbocycles. The van der Waals surface area contributed by atoms with E-state index in [1.54, 1.807) is 0 Å². The summed E-state index contributed by atoms with van der Waals surface area (Å²) < 4.78 is 6.48. The van der Waals surface area contributed by atoms with Crippen LogP contribution in [0, 0.1) is 0 Å². The first-order valence-corrected chi connectivity index (χ1v) is 14.3. The molecule has 8 rings (SSSR count). The van der Waals surface area contributed by atoms with E-state index < -0.39 is 0 Å². The number of rotatable bonds is 5. The molecular formula is C39H25N3O. The maximum Gasteiger partial charge on any atom is 0.164 e. The van der Waals surface area contributed by atoms with E-state index in [1.165, 1.54) is 16.7 Å². The van der Waals surface area contributed by atoms with E-state index in [9.17, 15) is 0 Å². The van der Waals surface area contributed by atoms with E-state index >= 15 is 0 Å². The fraction of sp³-hybridized carbons (Fsp3) is 0. The minimum absolute atomic E-state index is 0.604. The van der Waals surface area contributed by atoms with Crippen molar-refractivity contribution in [1.82, 2.24) is 15.0 Å². The highest BCUT2D eigenvalue weighted by Gasteiger charge is 2.15. The molecule has 2 aromatic heterocycles. The van der Waals surface area contributed by atoms with Crippen molar-refractivity contribution in [3.8, 4) is 56.4 Å². The molecule has 2 heterocycles. The van der Waals surface area contributed by atoms with Gasteiger partial charge >= 0.3 is 0 Å². The van der Waals surface area contributed by atoms with Gasteiger partial charge < -0.3 is 4.42 Å². The van der Waals surface area contributed by atoms with Crippen LogP contribution in [0.4, 0.5) is 0 Å². The minimum atomic E-state index is 0.604. The summed E-state index contributed by atoms with van der Waals surface area (Å²) >= 11 is 0. The van der Waals surface area contributed by atoms with Crippen molar-refractivity contribution in [2.45, 2.75) is 0 Å². The molecule has 43 heavy (non-hydrogen) atoms. The van der Waals surface area contributed by atoms with Crippen molar-refractivity contribution < 1.29 is 4.42 Å². The van der Waals surface area contributed by atoms with Crippen LogP contribution in [0.25, 0.3) is 78.4 Å². The van der Waals surface area contributed by atoms with Crippen LogP contribution in [0.2, 0.25) is 0 Å². The predicted molar refractivity (Wildman–Crippen MR) is 174 cm³/mol. The number of benzene rings is 6. The molecule has 0 aliphatic heterocycles.